The lowest BCUT2D eigenvalue weighted by molar-refractivity contribution is -0.139. The highest BCUT2D eigenvalue weighted by molar-refractivity contribution is 5.86. The number of carbonyl (C=O) groups is 2. The van der Waals surface area contributed by atoms with E-state index in [1.54, 1.807) is 4.90 Å². The maximum atomic E-state index is 12.7. The fourth-order valence-corrected chi connectivity index (χ4v) is 4.86. The van der Waals surface area contributed by atoms with E-state index in [9.17, 15) is 9.59 Å². The molecule has 152 valence electrons. The van der Waals surface area contributed by atoms with E-state index in [0.29, 0.717) is 12.5 Å². The highest BCUT2D eigenvalue weighted by Gasteiger charge is 2.31. The molecule has 0 bridgehead atoms. The Morgan fingerprint density at radius 2 is 1.82 bits per heavy atom. The van der Waals surface area contributed by atoms with E-state index in [0.717, 1.165) is 65.1 Å². The zero-order chi connectivity index (χ0) is 19.5. The molecule has 0 N–H and O–H groups in total. The maximum absolute atomic E-state index is 12.7. The molecule has 28 heavy (non-hydrogen) atoms. The standard InChI is InChI=1S/C22H32N4O2/c1-18-6-2-3-8-20(18)24-14-12-23(13-15-24)19-7-4-10-25(16-19)22(28)17-26-11-5-9-21(26)27/h2-3,6,8,19H,4-5,7,9-17H2,1H3/t19-/m1/s1. The van der Waals surface area contributed by atoms with Crippen molar-refractivity contribution >= 4 is 17.5 Å². The van der Waals surface area contributed by atoms with E-state index in [2.05, 4.69) is 41.0 Å². The minimum Gasteiger partial charge on any atom is -0.369 e. The van der Waals surface area contributed by atoms with Gasteiger partial charge in [0.25, 0.3) is 0 Å². The number of likely N-dealkylation sites (tertiary alicyclic amines) is 2. The molecular weight excluding hydrogens is 352 g/mol. The van der Waals surface area contributed by atoms with Gasteiger partial charge < -0.3 is 14.7 Å². The van der Waals surface area contributed by atoms with Crippen molar-refractivity contribution in [3.05, 3.63) is 29.8 Å². The molecule has 0 unspecified atom stereocenters. The Morgan fingerprint density at radius 1 is 1.04 bits per heavy atom. The number of piperidine rings is 1. The molecular formula is C22H32N4O2. The quantitative estimate of drug-likeness (QED) is 0.793. The normalized spacial score (nSPS) is 24.1. The molecule has 6 heteroatoms. The van der Waals surface area contributed by atoms with Gasteiger partial charge in [-0.15, -0.1) is 0 Å². The number of hydrogen-bond donors (Lipinski definition) is 0. The molecule has 3 heterocycles. The minimum atomic E-state index is 0.124. The van der Waals surface area contributed by atoms with Crippen molar-refractivity contribution in [3.8, 4) is 0 Å². The first kappa shape index (κ1) is 19.2. The van der Waals surface area contributed by atoms with Crippen LogP contribution >= 0.6 is 0 Å². The molecule has 1 aromatic rings. The Kier molecular flexibility index (Phi) is 5.85. The zero-order valence-electron chi connectivity index (χ0n) is 17.0. The summed E-state index contributed by atoms with van der Waals surface area (Å²) in [6, 6.07) is 9.05. The van der Waals surface area contributed by atoms with Gasteiger partial charge in [-0.3, -0.25) is 14.5 Å². The number of piperazine rings is 1. The van der Waals surface area contributed by atoms with E-state index in [4.69, 9.17) is 0 Å². The van der Waals surface area contributed by atoms with Crippen LogP contribution in [0.5, 0.6) is 0 Å². The molecule has 1 atom stereocenters. The lowest BCUT2D eigenvalue weighted by Crippen LogP contribution is -2.56. The number of aryl methyl sites for hydroxylation is 1. The number of anilines is 1. The van der Waals surface area contributed by atoms with Crippen LogP contribution in [-0.2, 0) is 9.59 Å². The van der Waals surface area contributed by atoms with Gasteiger partial charge in [0.15, 0.2) is 0 Å². The maximum Gasteiger partial charge on any atom is 0.242 e. The smallest absolute Gasteiger partial charge is 0.242 e. The van der Waals surface area contributed by atoms with Crippen molar-refractivity contribution in [2.75, 3.05) is 57.3 Å². The lowest BCUT2D eigenvalue weighted by atomic mass is 10.0. The van der Waals surface area contributed by atoms with Crippen molar-refractivity contribution in [3.63, 3.8) is 0 Å². The third-order valence-corrected chi connectivity index (χ3v) is 6.53. The van der Waals surface area contributed by atoms with Gasteiger partial charge >= 0.3 is 0 Å². The molecule has 3 aliphatic rings. The van der Waals surface area contributed by atoms with E-state index in [1.807, 2.05) is 4.90 Å². The van der Waals surface area contributed by atoms with Gasteiger partial charge in [-0.2, -0.15) is 0 Å². The third-order valence-electron chi connectivity index (χ3n) is 6.53. The van der Waals surface area contributed by atoms with Gasteiger partial charge in [0.2, 0.25) is 11.8 Å². The van der Waals surface area contributed by atoms with Crippen LogP contribution in [0.1, 0.15) is 31.2 Å². The lowest BCUT2D eigenvalue weighted by Gasteiger charge is -2.44. The topological polar surface area (TPSA) is 47.1 Å². The van der Waals surface area contributed by atoms with Crippen molar-refractivity contribution in [1.29, 1.82) is 0 Å². The Hall–Kier alpha value is -2.08. The van der Waals surface area contributed by atoms with Crippen molar-refractivity contribution in [2.24, 2.45) is 0 Å². The monoisotopic (exact) mass is 384 g/mol. The summed E-state index contributed by atoms with van der Waals surface area (Å²) in [4.78, 5) is 33.3. The number of carbonyl (C=O) groups excluding carboxylic acids is 2. The molecule has 3 fully saturated rings. The molecule has 0 radical (unpaired) electrons. The number of hydrogen-bond acceptors (Lipinski definition) is 4. The molecule has 3 saturated heterocycles. The Balaban J connectivity index is 1.30. The van der Waals surface area contributed by atoms with E-state index in [-0.39, 0.29) is 18.4 Å². The zero-order valence-corrected chi connectivity index (χ0v) is 17.0. The number of nitrogens with zero attached hydrogens (tertiary/aromatic N) is 4. The number of rotatable bonds is 4. The molecule has 0 saturated carbocycles. The Labute approximate surface area is 168 Å². The first-order valence-corrected chi connectivity index (χ1v) is 10.7. The van der Waals surface area contributed by atoms with Gasteiger partial charge in [-0.25, -0.2) is 0 Å². The predicted molar refractivity (Wildman–Crippen MR) is 110 cm³/mol. The highest BCUT2D eigenvalue weighted by atomic mass is 16.2. The minimum absolute atomic E-state index is 0.124. The van der Waals surface area contributed by atoms with Crippen LogP contribution in [0.25, 0.3) is 0 Å². The number of para-hydroxylation sites is 1. The van der Waals surface area contributed by atoms with E-state index < -0.39 is 0 Å². The second-order valence-electron chi connectivity index (χ2n) is 8.36. The first-order chi connectivity index (χ1) is 13.6. The van der Waals surface area contributed by atoms with Gasteiger partial charge in [-0.1, -0.05) is 18.2 Å². The average Bonchev–Trinajstić information content (AvgIpc) is 3.13. The Morgan fingerprint density at radius 3 is 2.54 bits per heavy atom. The largest absolute Gasteiger partial charge is 0.369 e. The van der Waals surface area contributed by atoms with Crippen LogP contribution in [0.4, 0.5) is 5.69 Å². The molecule has 6 nitrogen and oxygen atoms in total. The average molecular weight is 385 g/mol. The predicted octanol–water partition coefficient (Wildman–Crippen LogP) is 1.73. The van der Waals surface area contributed by atoms with Crippen molar-refractivity contribution in [2.45, 2.75) is 38.6 Å². The van der Waals surface area contributed by atoms with Crippen LogP contribution in [0.15, 0.2) is 24.3 Å². The molecule has 0 aliphatic carbocycles. The summed E-state index contributed by atoms with van der Waals surface area (Å²) in [7, 11) is 0. The number of amides is 2. The third kappa shape index (κ3) is 4.17. The van der Waals surface area contributed by atoms with Gasteiger partial charge in [0, 0.05) is 64.0 Å². The van der Waals surface area contributed by atoms with Crippen LogP contribution in [0, 0.1) is 6.92 Å². The summed E-state index contributed by atoms with van der Waals surface area (Å²) in [5.41, 5.74) is 2.68. The summed E-state index contributed by atoms with van der Waals surface area (Å²) in [5, 5.41) is 0. The molecule has 0 spiro atoms. The second-order valence-corrected chi connectivity index (χ2v) is 8.36. The summed E-state index contributed by atoms with van der Waals surface area (Å²) in [6.45, 7) is 9.00. The second kappa shape index (κ2) is 8.52. The molecule has 3 aliphatic heterocycles. The van der Waals surface area contributed by atoms with Crippen LogP contribution in [0.2, 0.25) is 0 Å². The fourth-order valence-electron chi connectivity index (χ4n) is 4.86. The Bertz CT molecular complexity index is 714. The van der Waals surface area contributed by atoms with Crippen LogP contribution < -0.4 is 4.90 Å². The van der Waals surface area contributed by atoms with Crippen LogP contribution in [-0.4, -0.2) is 84.9 Å². The van der Waals surface area contributed by atoms with Crippen molar-refractivity contribution < 1.29 is 9.59 Å². The van der Waals surface area contributed by atoms with Crippen LogP contribution in [0.3, 0.4) is 0 Å². The fraction of sp³-hybridized carbons (Fsp3) is 0.636. The van der Waals surface area contributed by atoms with Gasteiger partial charge in [-0.05, 0) is 37.8 Å². The SMILES string of the molecule is Cc1ccccc1N1CCN([C@@H]2CCCN(C(=O)CN3CCCC3=O)C2)CC1. The molecule has 4 rings (SSSR count). The van der Waals surface area contributed by atoms with Gasteiger partial charge in [0.05, 0.1) is 6.54 Å². The summed E-state index contributed by atoms with van der Waals surface area (Å²) < 4.78 is 0. The number of benzene rings is 1. The highest BCUT2D eigenvalue weighted by Crippen LogP contribution is 2.23. The van der Waals surface area contributed by atoms with Gasteiger partial charge in [0.1, 0.15) is 0 Å². The summed E-state index contributed by atoms with van der Waals surface area (Å²) >= 11 is 0. The van der Waals surface area contributed by atoms with Crippen molar-refractivity contribution in [1.82, 2.24) is 14.7 Å². The van der Waals surface area contributed by atoms with E-state index >= 15 is 0 Å². The summed E-state index contributed by atoms with van der Waals surface area (Å²) in [5.74, 6) is 0.257. The molecule has 1 aromatic carbocycles. The summed E-state index contributed by atoms with van der Waals surface area (Å²) in [6.07, 6.45) is 3.71. The molecule has 2 amide bonds. The first-order valence-electron chi connectivity index (χ1n) is 10.7. The molecule has 0 aromatic heterocycles. The van der Waals surface area contributed by atoms with E-state index in [1.165, 1.54) is 11.3 Å².